The molecule has 0 saturated carbocycles. The minimum Gasteiger partial charge on any atom is -0.494 e. The number of furan rings is 1. The summed E-state index contributed by atoms with van der Waals surface area (Å²) >= 11 is 1.31. The summed E-state index contributed by atoms with van der Waals surface area (Å²) in [6.45, 7) is 4.56. The van der Waals surface area contributed by atoms with Gasteiger partial charge in [0.25, 0.3) is 0 Å². The van der Waals surface area contributed by atoms with Gasteiger partial charge in [0.05, 0.1) is 18.6 Å². The molecule has 0 unspecified atom stereocenters. The van der Waals surface area contributed by atoms with E-state index in [0.717, 1.165) is 17.0 Å². The Morgan fingerprint density at radius 3 is 2.55 bits per heavy atom. The third-order valence-electron chi connectivity index (χ3n) is 4.45. The maximum Gasteiger partial charge on any atom is 0.234 e. The zero-order valence-corrected chi connectivity index (χ0v) is 18.1. The predicted molar refractivity (Wildman–Crippen MR) is 121 cm³/mol. The van der Waals surface area contributed by atoms with E-state index in [1.54, 1.807) is 12.3 Å². The summed E-state index contributed by atoms with van der Waals surface area (Å²) in [7, 11) is 0. The third-order valence-corrected chi connectivity index (χ3v) is 5.38. The number of aromatic nitrogens is 3. The highest BCUT2D eigenvalue weighted by Gasteiger charge is 2.19. The number of benzene rings is 2. The standard InChI is InChI=1S/C23H22N4O3S/c1-3-29-19-12-8-17(9-13-19)24-21(28)15-31-23-26-25-22(20-5-4-14-30-20)27(23)18-10-6-16(2)7-11-18/h4-14H,3,15H2,1-2H3,(H,24,28). The van der Waals surface area contributed by atoms with Gasteiger partial charge in [-0.15, -0.1) is 10.2 Å². The van der Waals surface area contributed by atoms with Crippen LogP contribution in [-0.2, 0) is 4.79 Å². The number of nitrogens with one attached hydrogen (secondary N) is 1. The van der Waals surface area contributed by atoms with Gasteiger partial charge in [-0.2, -0.15) is 0 Å². The highest BCUT2D eigenvalue weighted by molar-refractivity contribution is 7.99. The number of carbonyl (C=O) groups is 1. The van der Waals surface area contributed by atoms with Gasteiger partial charge in [-0.25, -0.2) is 0 Å². The molecular formula is C23H22N4O3S. The van der Waals surface area contributed by atoms with Gasteiger partial charge in [0.1, 0.15) is 5.75 Å². The molecule has 1 amide bonds. The number of anilines is 1. The molecule has 0 bridgehead atoms. The van der Waals surface area contributed by atoms with Crippen molar-refractivity contribution < 1.29 is 13.9 Å². The van der Waals surface area contributed by atoms with E-state index in [0.29, 0.717) is 29.0 Å². The zero-order chi connectivity index (χ0) is 21.6. The zero-order valence-electron chi connectivity index (χ0n) is 17.2. The van der Waals surface area contributed by atoms with Crippen LogP contribution in [0.25, 0.3) is 17.3 Å². The molecule has 0 spiro atoms. The molecule has 0 aliphatic rings. The minimum absolute atomic E-state index is 0.132. The summed E-state index contributed by atoms with van der Waals surface area (Å²) in [6, 6.07) is 19.0. The second kappa shape index (κ2) is 9.53. The highest BCUT2D eigenvalue weighted by atomic mass is 32.2. The number of ether oxygens (including phenoxy) is 1. The van der Waals surface area contributed by atoms with Crippen molar-refractivity contribution in [2.45, 2.75) is 19.0 Å². The number of hydrogen-bond donors (Lipinski definition) is 1. The van der Waals surface area contributed by atoms with Crippen molar-refractivity contribution in [3.8, 4) is 23.0 Å². The second-order valence-electron chi connectivity index (χ2n) is 6.75. The number of thioether (sulfide) groups is 1. The van der Waals surface area contributed by atoms with Crippen molar-refractivity contribution in [3.05, 3.63) is 72.5 Å². The molecule has 1 N–H and O–H groups in total. The maximum atomic E-state index is 12.5. The first-order valence-corrected chi connectivity index (χ1v) is 10.8. The van der Waals surface area contributed by atoms with E-state index < -0.39 is 0 Å². The topological polar surface area (TPSA) is 82.2 Å². The number of hydrogen-bond acceptors (Lipinski definition) is 6. The molecule has 158 valence electrons. The molecule has 2 aromatic heterocycles. The van der Waals surface area contributed by atoms with Crippen LogP contribution in [0.1, 0.15) is 12.5 Å². The van der Waals surface area contributed by atoms with Crippen LogP contribution in [0.3, 0.4) is 0 Å². The van der Waals surface area contributed by atoms with E-state index in [1.165, 1.54) is 11.8 Å². The third kappa shape index (κ3) is 4.97. The molecule has 0 aliphatic heterocycles. The Morgan fingerprint density at radius 2 is 1.87 bits per heavy atom. The quantitative estimate of drug-likeness (QED) is 0.395. The van der Waals surface area contributed by atoms with Gasteiger partial charge in [0, 0.05) is 11.4 Å². The van der Waals surface area contributed by atoms with E-state index in [4.69, 9.17) is 9.15 Å². The predicted octanol–water partition coefficient (Wildman–Crippen LogP) is 4.97. The lowest BCUT2D eigenvalue weighted by Gasteiger charge is -2.10. The van der Waals surface area contributed by atoms with E-state index >= 15 is 0 Å². The summed E-state index contributed by atoms with van der Waals surface area (Å²) in [5.41, 5.74) is 2.77. The van der Waals surface area contributed by atoms with Crippen LogP contribution in [0.2, 0.25) is 0 Å². The average molecular weight is 435 g/mol. The number of aryl methyl sites for hydroxylation is 1. The van der Waals surface area contributed by atoms with Crippen LogP contribution in [-0.4, -0.2) is 33.0 Å². The molecule has 0 fully saturated rings. The van der Waals surface area contributed by atoms with E-state index in [1.807, 2.05) is 73.0 Å². The molecule has 0 atom stereocenters. The van der Waals surface area contributed by atoms with E-state index in [2.05, 4.69) is 15.5 Å². The summed E-state index contributed by atoms with van der Waals surface area (Å²) in [4.78, 5) is 12.5. The Hall–Kier alpha value is -3.52. The van der Waals surface area contributed by atoms with Crippen molar-refractivity contribution in [1.29, 1.82) is 0 Å². The Morgan fingerprint density at radius 1 is 1.10 bits per heavy atom. The van der Waals surface area contributed by atoms with Crippen LogP contribution in [0.4, 0.5) is 5.69 Å². The first kappa shape index (κ1) is 20.7. The fourth-order valence-electron chi connectivity index (χ4n) is 2.98. The van der Waals surface area contributed by atoms with Gasteiger partial charge < -0.3 is 14.5 Å². The molecule has 4 aromatic rings. The summed E-state index contributed by atoms with van der Waals surface area (Å²) in [5, 5.41) is 12.1. The smallest absolute Gasteiger partial charge is 0.234 e. The Kier molecular flexibility index (Phi) is 6.37. The van der Waals surface area contributed by atoms with Gasteiger partial charge in [-0.3, -0.25) is 9.36 Å². The van der Waals surface area contributed by atoms with Gasteiger partial charge in [0.2, 0.25) is 11.7 Å². The van der Waals surface area contributed by atoms with Crippen molar-refractivity contribution >= 4 is 23.4 Å². The fourth-order valence-corrected chi connectivity index (χ4v) is 3.74. The lowest BCUT2D eigenvalue weighted by atomic mass is 10.2. The van der Waals surface area contributed by atoms with Gasteiger partial charge in [-0.05, 0) is 62.4 Å². The molecule has 31 heavy (non-hydrogen) atoms. The lowest BCUT2D eigenvalue weighted by Crippen LogP contribution is -2.14. The molecule has 4 rings (SSSR count). The fraction of sp³-hybridized carbons (Fsp3) is 0.174. The molecule has 0 aliphatic carbocycles. The van der Waals surface area contributed by atoms with Crippen LogP contribution >= 0.6 is 11.8 Å². The molecule has 0 radical (unpaired) electrons. The van der Waals surface area contributed by atoms with E-state index in [9.17, 15) is 4.79 Å². The van der Waals surface area contributed by atoms with Gasteiger partial charge >= 0.3 is 0 Å². The van der Waals surface area contributed by atoms with Gasteiger partial charge in [-0.1, -0.05) is 29.5 Å². The highest BCUT2D eigenvalue weighted by Crippen LogP contribution is 2.28. The number of rotatable bonds is 8. The number of carbonyl (C=O) groups excluding carboxylic acids is 1. The van der Waals surface area contributed by atoms with Crippen LogP contribution < -0.4 is 10.1 Å². The first-order chi connectivity index (χ1) is 15.1. The Balaban J connectivity index is 1.50. The molecular weight excluding hydrogens is 412 g/mol. The van der Waals surface area contributed by atoms with Crippen LogP contribution in [0.5, 0.6) is 5.75 Å². The molecule has 2 heterocycles. The number of amides is 1. The van der Waals surface area contributed by atoms with Crippen molar-refractivity contribution in [2.24, 2.45) is 0 Å². The van der Waals surface area contributed by atoms with Gasteiger partial charge in [0.15, 0.2) is 10.9 Å². The summed E-state index contributed by atoms with van der Waals surface area (Å²) in [5.74, 6) is 2.02. The lowest BCUT2D eigenvalue weighted by molar-refractivity contribution is -0.113. The number of nitrogens with zero attached hydrogens (tertiary/aromatic N) is 3. The first-order valence-electron chi connectivity index (χ1n) is 9.86. The molecule has 8 heteroatoms. The minimum atomic E-state index is -0.132. The largest absolute Gasteiger partial charge is 0.494 e. The van der Waals surface area contributed by atoms with Crippen LogP contribution in [0.15, 0.2) is 76.5 Å². The van der Waals surface area contributed by atoms with Crippen molar-refractivity contribution in [2.75, 3.05) is 17.7 Å². The summed E-state index contributed by atoms with van der Waals surface area (Å²) < 4.78 is 12.8. The normalized spacial score (nSPS) is 10.8. The molecule has 2 aromatic carbocycles. The monoisotopic (exact) mass is 434 g/mol. The van der Waals surface area contributed by atoms with Crippen LogP contribution in [0, 0.1) is 6.92 Å². The Labute approximate surface area is 184 Å². The van der Waals surface area contributed by atoms with Crippen molar-refractivity contribution in [1.82, 2.24) is 14.8 Å². The SMILES string of the molecule is CCOc1ccc(NC(=O)CSc2nnc(-c3ccco3)n2-c2ccc(C)cc2)cc1. The van der Waals surface area contributed by atoms with E-state index in [-0.39, 0.29) is 11.7 Å². The molecule has 0 saturated heterocycles. The van der Waals surface area contributed by atoms with Crippen molar-refractivity contribution in [3.63, 3.8) is 0 Å². The maximum absolute atomic E-state index is 12.5. The molecule has 7 nitrogen and oxygen atoms in total. The second-order valence-corrected chi connectivity index (χ2v) is 7.69. The Bertz CT molecular complexity index is 1140. The average Bonchev–Trinajstić information content (AvgIpc) is 3.44. The summed E-state index contributed by atoms with van der Waals surface area (Å²) in [6.07, 6.45) is 1.60.